The first-order valence-electron chi connectivity index (χ1n) is 8.33. The lowest BCUT2D eigenvalue weighted by molar-refractivity contribution is 0.0988. The Morgan fingerprint density at radius 3 is 2.48 bits per heavy atom. The number of rotatable bonds is 9. The number of methoxy groups -OCH3 is 1. The average molecular weight is 347 g/mol. The van der Waals surface area contributed by atoms with Crippen molar-refractivity contribution in [3.63, 3.8) is 0 Å². The molecule has 2 aromatic carbocycles. The van der Waals surface area contributed by atoms with Crippen LogP contribution in [-0.2, 0) is 6.42 Å². The number of halogens is 1. The normalized spacial score (nSPS) is 12.7. The molecule has 0 aliphatic carbocycles. The van der Waals surface area contributed by atoms with Gasteiger partial charge >= 0.3 is 0 Å². The maximum atomic E-state index is 14.1. The van der Waals surface area contributed by atoms with Gasteiger partial charge in [0.05, 0.1) is 7.11 Å². The molecule has 2 N–H and O–H groups in total. The minimum Gasteiger partial charge on any atom is -0.497 e. The van der Waals surface area contributed by atoms with Crippen LogP contribution in [0.1, 0.15) is 19.4 Å². The highest BCUT2D eigenvalue weighted by molar-refractivity contribution is 5.30. The van der Waals surface area contributed by atoms with E-state index in [0.717, 1.165) is 5.75 Å². The molecule has 0 aromatic heterocycles. The fourth-order valence-electron chi connectivity index (χ4n) is 2.50. The molecule has 0 spiro atoms. The van der Waals surface area contributed by atoms with Gasteiger partial charge in [-0.3, -0.25) is 0 Å². The Bertz CT molecular complexity index is 661. The lowest BCUT2D eigenvalue weighted by atomic mass is 9.94. The molecule has 0 heterocycles. The van der Waals surface area contributed by atoms with Crippen LogP contribution in [0.4, 0.5) is 4.39 Å². The SMILES string of the molecule is COc1ccc(CC(C)(C)NCC(O)COc2ccccc2)c(F)c1. The molecule has 0 aliphatic heterocycles. The highest BCUT2D eigenvalue weighted by Gasteiger charge is 2.21. The Hall–Kier alpha value is -2.11. The Kier molecular flexibility index (Phi) is 6.79. The third-order valence-corrected chi connectivity index (χ3v) is 3.89. The maximum absolute atomic E-state index is 14.1. The van der Waals surface area contributed by atoms with Gasteiger partial charge in [-0.15, -0.1) is 0 Å². The number of hydrogen-bond donors (Lipinski definition) is 2. The summed E-state index contributed by atoms with van der Waals surface area (Å²) in [6.07, 6.45) is -0.157. The Morgan fingerprint density at radius 1 is 1.12 bits per heavy atom. The van der Waals surface area contributed by atoms with E-state index in [2.05, 4.69) is 5.32 Å². The second-order valence-electron chi connectivity index (χ2n) is 6.68. The molecule has 0 fully saturated rings. The molecule has 0 aliphatic rings. The van der Waals surface area contributed by atoms with Crippen molar-refractivity contribution >= 4 is 0 Å². The summed E-state index contributed by atoms with van der Waals surface area (Å²) in [6, 6.07) is 14.2. The smallest absolute Gasteiger partial charge is 0.130 e. The van der Waals surface area contributed by atoms with Gasteiger partial charge in [0, 0.05) is 18.2 Å². The number of ether oxygens (including phenoxy) is 2. The van der Waals surface area contributed by atoms with Crippen molar-refractivity contribution in [1.29, 1.82) is 0 Å². The fourth-order valence-corrected chi connectivity index (χ4v) is 2.50. The second-order valence-corrected chi connectivity index (χ2v) is 6.68. The summed E-state index contributed by atoms with van der Waals surface area (Å²) < 4.78 is 24.6. The predicted octanol–water partition coefficient (Wildman–Crippen LogP) is 3.18. The van der Waals surface area contributed by atoms with Crippen molar-refractivity contribution in [2.75, 3.05) is 20.3 Å². The first kappa shape index (κ1) is 19.2. The molecular weight excluding hydrogens is 321 g/mol. The maximum Gasteiger partial charge on any atom is 0.130 e. The number of aliphatic hydroxyl groups excluding tert-OH is 1. The highest BCUT2D eigenvalue weighted by Crippen LogP contribution is 2.20. The van der Waals surface area contributed by atoms with Crippen molar-refractivity contribution in [3.8, 4) is 11.5 Å². The second kappa shape index (κ2) is 8.83. The third kappa shape index (κ3) is 6.36. The topological polar surface area (TPSA) is 50.7 Å². The summed E-state index contributed by atoms with van der Waals surface area (Å²) in [5.74, 6) is 0.934. The largest absolute Gasteiger partial charge is 0.497 e. The summed E-state index contributed by atoms with van der Waals surface area (Å²) in [6.45, 7) is 4.50. The molecule has 25 heavy (non-hydrogen) atoms. The zero-order chi connectivity index (χ0) is 18.3. The van der Waals surface area contributed by atoms with E-state index in [0.29, 0.717) is 24.3 Å². The van der Waals surface area contributed by atoms with Gasteiger partial charge in [0.25, 0.3) is 0 Å². The van der Waals surface area contributed by atoms with E-state index in [1.165, 1.54) is 13.2 Å². The molecule has 0 saturated heterocycles. The third-order valence-electron chi connectivity index (χ3n) is 3.89. The van der Waals surface area contributed by atoms with E-state index in [4.69, 9.17) is 9.47 Å². The van der Waals surface area contributed by atoms with Crippen LogP contribution in [0, 0.1) is 5.82 Å². The molecule has 1 unspecified atom stereocenters. The van der Waals surface area contributed by atoms with Crippen LogP contribution in [0.3, 0.4) is 0 Å². The first-order valence-corrected chi connectivity index (χ1v) is 8.33. The lowest BCUT2D eigenvalue weighted by Crippen LogP contribution is -2.46. The number of β-amino-alcohol motifs (C(OH)–C–C–N with tert-alkyl or cyclic N) is 1. The van der Waals surface area contributed by atoms with Crippen LogP contribution in [0.5, 0.6) is 11.5 Å². The molecule has 2 rings (SSSR count). The molecule has 2 aromatic rings. The van der Waals surface area contributed by atoms with E-state index in [-0.39, 0.29) is 18.0 Å². The van der Waals surface area contributed by atoms with Crippen LogP contribution in [0.25, 0.3) is 0 Å². The van der Waals surface area contributed by atoms with E-state index in [9.17, 15) is 9.50 Å². The summed E-state index contributed by atoms with van der Waals surface area (Å²) in [5.41, 5.74) is 0.233. The summed E-state index contributed by atoms with van der Waals surface area (Å²) in [7, 11) is 1.51. The number of nitrogens with one attached hydrogen (secondary N) is 1. The van der Waals surface area contributed by atoms with Gasteiger partial charge in [0.1, 0.15) is 30.0 Å². The summed E-state index contributed by atoms with van der Waals surface area (Å²) in [5, 5.41) is 13.4. The molecule has 0 saturated carbocycles. The van der Waals surface area contributed by atoms with Crippen LogP contribution in [-0.4, -0.2) is 37.0 Å². The zero-order valence-electron chi connectivity index (χ0n) is 15.0. The van der Waals surface area contributed by atoms with Crippen LogP contribution < -0.4 is 14.8 Å². The van der Waals surface area contributed by atoms with Gasteiger partial charge < -0.3 is 19.9 Å². The number of hydrogen-bond acceptors (Lipinski definition) is 4. The fraction of sp³-hybridized carbons (Fsp3) is 0.400. The van der Waals surface area contributed by atoms with Crippen molar-refractivity contribution in [2.45, 2.75) is 31.9 Å². The molecule has 5 heteroatoms. The van der Waals surface area contributed by atoms with Gasteiger partial charge in [-0.25, -0.2) is 4.39 Å². The molecular formula is C20H26FNO3. The highest BCUT2D eigenvalue weighted by atomic mass is 19.1. The molecule has 0 radical (unpaired) electrons. The van der Waals surface area contributed by atoms with Crippen molar-refractivity contribution in [2.24, 2.45) is 0 Å². The first-order chi connectivity index (χ1) is 11.9. The minimum atomic E-state index is -0.653. The van der Waals surface area contributed by atoms with Gasteiger partial charge in [0.2, 0.25) is 0 Å². The zero-order valence-corrected chi connectivity index (χ0v) is 15.0. The van der Waals surface area contributed by atoms with Gasteiger partial charge in [-0.1, -0.05) is 24.3 Å². The van der Waals surface area contributed by atoms with Gasteiger partial charge in [0.15, 0.2) is 0 Å². The minimum absolute atomic E-state index is 0.198. The van der Waals surface area contributed by atoms with Crippen LogP contribution >= 0.6 is 0 Å². The Morgan fingerprint density at radius 2 is 1.84 bits per heavy atom. The molecule has 0 amide bonds. The predicted molar refractivity (Wildman–Crippen MR) is 96.7 cm³/mol. The van der Waals surface area contributed by atoms with E-state index >= 15 is 0 Å². The molecule has 136 valence electrons. The number of aliphatic hydroxyl groups is 1. The average Bonchev–Trinajstić information content (AvgIpc) is 2.61. The van der Waals surface area contributed by atoms with E-state index in [1.807, 2.05) is 44.2 Å². The monoisotopic (exact) mass is 347 g/mol. The van der Waals surface area contributed by atoms with Crippen LogP contribution in [0.15, 0.2) is 48.5 Å². The Balaban J connectivity index is 1.82. The summed E-state index contributed by atoms with van der Waals surface area (Å²) >= 11 is 0. The standard InChI is InChI=1S/C20H26FNO3/c1-20(2,12-15-9-10-18(24-3)11-19(15)21)22-13-16(23)14-25-17-7-5-4-6-8-17/h4-11,16,22-23H,12-14H2,1-3H3. The molecule has 0 bridgehead atoms. The van der Waals surface area contributed by atoms with E-state index < -0.39 is 6.10 Å². The number of para-hydroxylation sites is 1. The molecule has 4 nitrogen and oxygen atoms in total. The van der Waals surface area contributed by atoms with Crippen molar-refractivity contribution < 1.29 is 19.0 Å². The quantitative estimate of drug-likeness (QED) is 0.731. The van der Waals surface area contributed by atoms with Gasteiger partial charge in [-0.05, 0) is 44.0 Å². The Labute approximate surface area is 148 Å². The van der Waals surface area contributed by atoms with Crippen LogP contribution in [0.2, 0.25) is 0 Å². The summed E-state index contributed by atoms with van der Waals surface area (Å²) in [4.78, 5) is 0. The number of benzene rings is 2. The van der Waals surface area contributed by atoms with E-state index in [1.54, 1.807) is 12.1 Å². The van der Waals surface area contributed by atoms with Crippen molar-refractivity contribution in [3.05, 3.63) is 59.9 Å². The lowest BCUT2D eigenvalue weighted by Gasteiger charge is -2.28. The molecule has 1 atom stereocenters. The van der Waals surface area contributed by atoms with Gasteiger partial charge in [-0.2, -0.15) is 0 Å². The van der Waals surface area contributed by atoms with Crippen molar-refractivity contribution in [1.82, 2.24) is 5.32 Å².